The summed E-state index contributed by atoms with van der Waals surface area (Å²) in [5.74, 6) is -1.01. The first-order valence-electron chi connectivity index (χ1n) is 8.33. The molecule has 0 unspecified atom stereocenters. The van der Waals surface area contributed by atoms with E-state index in [-0.39, 0.29) is 17.0 Å². The largest absolute Gasteiger partial charge is 0.366 e. The maximum absolute atomic E-state index is 12.8. The van der Waals surface area contributed by atoms with E-state index >= 15 is 0 Å². The maximum Gasteiger partial charge on any atom is 0.261 e. The van der Waals surface area contributed by atoms with Crippen molar-refractivity contribution >= 4 is 28.4 Å². The lowest BCUT2D eigenvalue weighted by molar-refractivity contribution is 0.0998. The summed E-state index contributed by atoms with van der Waals surface area (Å²) in [6.07, 6.45) is 2.48. The lowest BCUT2D eigenvalue weighted by Crippen LogP contribution is -2.23. The van der Waals surface area contributed by atoms with Gasteiger partial charge in [0.1, 0.15) is 5.56 Å². The molecule has 6 heteroatoms. The third-order valence-corrected chi connectivity index (χ3v) is 4.80. The molecule has 130 valence electrons. The van der Waals surface area contributed by atoms with Gasteiger partial charge in [0.25, 0.3) is 5.91 Å². The number of benzene rings is 2. The molecule has 26 heavy (non-hydrogen) atoms. The molecule has 1 aliphatic rings. The predicted octanol–water partition coefficient (Wildman–Crippen LogP) is 2.47. The molecule has 3 aromatic rings. The average molecular weight is 347 g/mol. The van der Waals surface area contributed by atoms with Crippen molar-refractivity contribution in [2.24, 2.45) is 5.73 Å². The molecule has 2 amide bonds. The zero-order valence-electron chi connectivity index (χ0n) is 14.2. The summed E-state index contributed by atoms with van der Waals surface area (Å²) < 4.78 is 2.00. The number of anilines is 1. The van der Waals surface area contributed by atoms with E-state index in [4.69, 9.17) is 5.73 Å². The van der Waals surface area contributed by atoms with Crippen molar-refractivity contribution in [2.45, 2.75) is 19.4 Å². The number of nitrogens with zero attached hydrogens (tertiary/aromatic N) is 1. The minimum Gasteiger partial charge on any atom is -0.366 e. The number of nitrogens with two attached hydrogens (primary N) is 1. The highest BCUT2D eigenvalue weighted by molar-refractivity contribution is 6.06. The van der Waals surface area contributed by atoms with Crippen molar-refractivity contribution in [3.05, 3.63) is 75.6 Å². The SMILES string of the molecule is C[C@@H]1Cc2cccc3c(=O)c(C(=O)Nc4ccc(C(N)=O)cc4)cn1c23. The summed E-state index contributed by atoms with van der Waals surface area (Å²) in [6, 6.07) is 12.0. The molecule has 0 saturated heterocycles. The van der Waals surface area contributed by atoms with E-state index in [0.29, 0.717) is 16.6 Å². The molecular formula is C20H17N3O3. The van der Waals surface area contributed by atoms with Crippen LogP contribution in [-0.2, 0) is 6.42 Å². The van der Waals surface area contributed by atoms with Crippen LogP contribution in [0.4, 0.5) is 5.69 Å². The Morgan fingerprint density at radius 3 is 2.58 bits per heavy atom. The van der Waals surface area contributed by atoms with Crippen molar-refractivity contribution in [1.29, 1.82) is 0 Å². The smallest absolute Gasteiger partial charge is 0.261 e. The molecule has 3 N–H and O–H groups in total. The van der Waals surface area contributed by atoms with Crippen LogP contribution in [0, 0.1) is 0 Å². The summed E-state index contributed by atoms with van der Waals surface area (Å²) in [5, 5.41) is 3.27. The minimum absolute atomic E-state index is 0.0994. The van der Waals surface area contributed by atoms with Crippen molar-refractivity contribution in [3.8, 4) is 0 Å². The standard InChI is InChI=1S/C20H17N3O3/c1-11-9-13-3-2-4-15-17(13)23(11)10-16(18(15)24)20(26)22-14-7-5-12(6-8-14)19(21)25/h2-8,10-11H,9H2,1H3,(H2,21,25)(H,22,26)/t11-/m1/s1. The number of pyridine rings is 1. The maximum atomic E-state index is 12.8. The zero-order valence-corrected chi connectivity index (χ0v) is 14.2. The summed E-state index contributed by atoms with van der Waals surface area (Å²) in [7, 11) is 0. The highest BCUT2D eigenvalue weighted by Crippen LogP contribution is 2.30. The fourth-order valence-corrected chi connectivity index (χ4v) is 3.49. The molecule has 1 aliphatic heterocycles. The number of carbonyl (C=O) groups is 2. The number of para-hydroxylation sites is 1. The van der Waals surface area contributed by atoms with E-state index < -0.39 is 11.8 Å². The quantitative estimate of drug-likeness (QED) is 0.762. The van der Waals surface area contributed by atoms with Crippen LogP contribution in [0.25, 0.3) is 10.9 Å². The Morgan fingerprint density at radius 1 is 1.15 bits per heavy atom. The second-order valence-electron chi connectivity index (χ2n) is 6.54. The van der Waals surface area contributed by atoms with E-state index in [1.54, 1.807) is 24.4 Å². The van der Waals surface area contributed by atoms with E-state index in [1.165, 1.54) is 12.1 Å². The Bertz CT molecular complexity index is 1110. The number of hydrogen-bond donors (Lipinski definition) is 2. The van der Waals surface area contributed by atoms with E-state index in [2.05, 4.69) is 12.2 Å². The minimum atomic E-state index is -0.538. The van der Waals surface area contributed by atoms with Crippen LogP contribution in [0.5, 0.6) is 0 Å². The summed E-state index contributed by atoms with van der Waals surface area (Å²) in [5.41, 5.74) is 7.90. The van der Waals surface area contributed by atoms with E-state index in [9.17, 15) is 14.4 Å². The zero-order chi connectivity index (χ0) is 18.4. The van der Waals surface area contributed by atoms with Crippen LogP contribution in [0.3, 0.4) is 0 Å². The summed E-state index contributed by atoms with van der Waals surface area (Å²) in [6.45, 7) is 2.06. The highest BCUT2D eigenvalue weighted by Gasteiger charge is 2.24. The Balaban J connectivity index is 1.73. The normalized spacial score (nSPS) is 15.2. The van der Waals surface area contributed by atoms with Gasteiger partial charge in [0.2, 0.25) is 11.3 Å². The van der Waals surface area contributed by atoms with Gasteiger partial charge in [-0.2, -0.15) is 0 Å². The Labute approximate surface area is 149 Å². The van der Waals surface area contributed by atoms with Gasteiger partial charge in [-0.1, -0.05) is 12.1 Å². The Hall–Kier alpha value is -3.41. The van der Waals surface area contributed by atoms with E-state index in [0.717, 1.165) is 17.5 Å². The van der Waals surface area contributed by atoms with Gasteiger partial charge >= 0.3 is 0 Å². The molecule has 0 aliphatic carbocycles. The summed E-state index contributed by atoms with van der Waals surface area (Å²) in [4.78, 5) is 36.6. The van der Waals surface area contributed by atoms with Gasteiger partial charge in [0.05, 0.1) is 5.52 Å². The predicted molar refractivity (Wildman–Crippen MR) is 99.5 cm³/mol. The van der Waals surface area contributed by atoms with Crippen molar-refractivity contribution in [1.82, 2.24) is 4.57 Å². The lowest BCUT2D eigenvalue weighted by Gasteiger charge is -2.12. The molecule has 0 saturated carbocycles. The van der Waals surface area contributed by atoms with Gasteiger partial charge in [0.15, 0.2) is 0 Å². The number of aromatic nitrogens is 1. The third-order valence-electron chi connectivity index (χ3n) is 4.80. The van der Waals surface area contributed by atoms with Crippen LogP contribution < -0.4 is 16.5 Å². The molecule has 2 aromatic carbocycles. The first-order valence-corrected chi connectivity index (χ1v) is 8.33. The Morgan fingerprint density at radius 2 is 1.88 bits per heavy atom. The van der Waals surface area contributed by atoms with Gasteiger partial charge < -0.3 is 15.6 Å². The number of primary amides is 1. The van der Waals surface area contributed by atoms with Crippen molar-refractivity contribution in [2.75, 3.05) is 5.32 Å². The second-order valence-corrected chi connectivity index (χ2v) is 6.54. The van der Waals surface area contributed by atoms with Crippen LogP contribution in [0.2, 0.25) is 0 Å². The molecule has 0 spiro atoms. The van der Waals surface area contributed by atoms with Crippen molar-refractivity contribution in [3.63, 3.8) is 0 Å². The van der Waals surface area contributed by atoms with Crippen LogP contribution >= 0.6 is 0 Å². The monoisotopic (exact) mass is 347 g/mol. The van der Waals surface area contributed by atoms with Crippen LogP contribution in [0.15, 0.2) is 53.5 Å². The lowest BCUT2D eigenvalue weighted by atomic mass is 10.1. The topological polar surface area (TPSA) is 94.2 Å². The molecule has 4 rings (SSSR count). The Kier molecular flexibility index (Phi) is 3.61. The first kappa shape index (κ1) is 16.1. The van der Waals surface area contributed by atoms with Gasteiger partial charge in [-0.15, -0.1) is 0 Å². The third kappa shape index (κ3) is 2.47. The molecule has 1 aromatic heterocycles. The van der Waals surface area contributed by atoms with Crippen LogP contribution in [0.1, 0.15) is 39.2 Å². The van der Waals surface area contributed by atoms with Gasteiger partial charge in [-0.3, -0.25) is 14.4 Å². The molecular weight excluding hydrogens is 330 g/mol. The number of hydrogen-bond acceptors (Lipinski definition) is 3. The number of rotatable bonds is 3. The van der Waals surface area contributed by atoms with Gasteiger partial charge in [0, 0.05) is 28.9 Å². The van der Waals surface area contributed by atoms with Gasteiger partial charge in [-0.25, -0.2) is 0 Å². The number of nitrogens with one attached hydrogen (secondary N) is 1. The fraction of sp³-hybridized carbons (Fsp3) is 0.150. The highest BCUT2D eigenvalue weighted by atomic mass is 16.2. The fourth-order valence-electron chi connectivity index (χ4n) is 3.49. The molecule has 2 heterocycles. The number of amides is 2. The number of carbonyl (C=O) groups excluding carboxylic acids is 2. The molecule has 0 radical (unpaired) electrons. The average Bonchev–Trinajstić information content (AvgIpc) is 2.94. The summed E-state index contributed by atoms with van der Waals surface area (Å²) >= 11 is 0. The van der Waals surface area contributed by atoms with Crippen LogP contribution in [-0.4, -0.2) is 16.4 Å². The molecule has 0 fully saturated rings. The first-order chi connectivity index (χ1) is 12.5. The molecule has 1 atom stereocenters. The molecule has 6 nitrogen and oxygen atoms in total. The van der Waals surface area contributed by atoms with E-state index in [1.807, 2.05) is 16.7 Å². The van der Waals surface area contributed by atoms with Gasteiger partial charge in [-0.05, 0) is 49.2 Å². The molecule has 0 bridgehead atoms. The second kappa shape index (κ2) is 5.84. The van der Waals surface area contributed by atoms with Crippen molar-refractivity contribution < 1.29 is 9.59 Å².